The maximum Gasteiger partial charge on any atom is 0.0608 e. The molecule has 1 unspecified atom stereocenters. The van der Waals surface area contributed by atoms with Gasteiger partial charge in [0.05, 0.1) is 13.2 Å². The summed E-state index contributed by atoms with van der Waals surface area (Å²) in [7, 11) is 0. The summed E-state index contributed by atoms with van der Waals surface area (Å²) >= 11 is 0. The van der Waals surface area contributed by atoms with E-state index in [1.165, 1.54) is 19.3 Å². The van der Waals surface area contributed by atoms with Gasteiger partial charge in [0.15, 0.2) is 0 Å². The second-order valence-electron chi connectivity index (χ2n) is 3.62. The summed E-state index contributed by atoms with van der Waals surface area (Å²) in [5.74, 6) is 0. The van der Waals surface area contributed by atoms with E-state index >= 15 is 0 Å². The average molecular weight is 186 g/mol. The van der Waals surface area contributed by atoms with Crippen LogP contribution in [0.5, 0.6) is 0 Å². The predicted octanol–water partition coefficient (Wildman–Crippen LogP) is 1.40. The molecule has 1 atom stereocenters. The highest BCUT2D eigenvalue weighted by atomic mass is 16.5. The van der Waals surface area contributed by atoms with Crippen LogP contribution in [-0.2, 0) is 4.74 Å². The minimum atomic E-state index is 0.656. The lowest BCUT2D eigenvalue weighted by atomic mass is 10.1. The number of hydrogen-bond donors (Lipinski definition) is 1. The molecule has 0 amide bonds. The molecule has 1 fully saturated rings. The molecule has 78 valence electrons. The maximum absolute atomic E-state index is 5.29. The fourth-order valence-electron chi connectivity index (χ4n) is 1.66. The highest BCUT2D eigenvalue weighted by Crippen LogP contribution is 2.03. The van der Waals surface area contributed by atoms with Crippen LogP contribution >= 0.6 is 0 Å². The van der Waals surface area contributed by atoms with E-state index in [1.54, 1.807) is 0 Å². The normalized spacial score (nSPS) is 21.7. The van der Waals surface area contributed by atoms with Gasteiger partial charge in [0, 0.05) is 19.1 Å². The quantitative estimate of drug-likeness (QED) is 0.702. The molecule has 0 aliphatic carbocycles. The average Bonchev–Trinajstić information content (AvgIpc) is 2.19. The summed E-state index contributed by atoms with van der Waals surface area (Å²) in [6.45, 7) is 8.28. The van der Waals surface area contributed by atoms with Crippen LogP contribution in [-0.4, -0.2) is 37.4 Å². The van der Waals surface area contributed by atoms with Crippen molar-refractivity contribution in [2.24, 2.45) is 0 Å². The molecule has 0 spiro atoms. The van der Waals surface area contributed by atoms with Gasteiger partial charge in [-0.2, -0.15) is 0 Å². The minimum Gasteiger partial charge on any atom is -0.379 e. The molecule has 0 saturated carbocycles. The van der Waals surface area contributed by atoms with Crippen molar-refractivity contribution in [1.82, 2.24) is 10.4 Å². The second-order valence-corrected chi connectivity index (χ2v) is 3.62. The van der Waals surface area contributed by atoms with E-state index in [-0.39, 0.29) is 0 Å². The first-order valence-electron chi connectivity index (χ1n) is 5.45. The Labute approximate surface area is 81.4 Å². The summed E-state index contributed by atoms with van der Waals surface area (Å²) in [6, 6.07) is 0.656. The van der Waals surface area contributed by atoms with Crippen molar-refractivity contribution in [3.8, 4) is 0 Å². The van der Waals surface area contributed by atoms with Gasteiger partial charge in [-0.1, -0.05) is 20.3 Å². The van der Waals surface area contributed by atoms with Gasteiger partial charge >= 0.3 is 0 Å². The van der Waals surface area contributed by atoms with Gasteiger partial charge in [-0.15, -0.1) is 0 Å². The van der Waals surface area contributed by atoms with Crippen molar-refractivity contribution in [2.75, 3.05) is 26.3 Å². The lowest BCUT2D eigenvalue weighted by Crippen LogP contribution is -2.49. The van der Waals surface area contributed by atoms with Crippen LogP contribution in [0.15, 0.2) is 0 Å². The molecule has 13 heavy (non-hydrogen) atoms. The molecular formula is C10H22N2O. The number of nitrogens with one attached hydrogen (secondary N) is 1. The van der Waals surface area contributed by atoms with E-state index in [0.29, 0.717) is 6.04 Å². The van der Waals surface area contributed by atoms with E-state index in [2.05, 4.69) is 24.3 Å². The van der Waals surface area contributed by atoms with Crippen LogP contribution in [0.25, 0.3) is 0 Å². The molecule has 3 nitrogen and oxygen atoms in total. The zero-order chi connectivity index (χ0) is 9.52. The highest BCUT2D eigenvalue weighted by molar-refractivity contribution is 4.65. The van der Waals surface area contributed by atoms with Crippen molar-refractivity contribution >= 4 is 0 Å². The predicted molar refractivity (Wildman–Crippen MR) is 54.5 cm³/mol. The lowest BCUT2D eigenvalue weighted by molar-refractivity contribution is 0.00248. The Morgan fingerprint density at radius 2 is 2.00 bits per heavy atom. The molecule has 0 radical (unpaired) electrons. The molecule has 1 saturated heterocycles. The Hall–Kier alpha value is -0.120. The third-order valence-corrected chi connectivity index (χ3v) is 2.51. The Bertz CT molecular complexity index is 121. The SMILES string of the molecule is CCCC(CC)NN1CCOCC1. The van der Waals surface area contributed by atoms with Crippen molar-refractivity contribution in [3.05, 3.63) is 0 Å². The first-order chi connectivity index (χ1) is 6.36. The van der Waals surface area contributed by atoms with Crippen LogP contribution in [0.1, 0.15) is 33.1 Å². The molecule has 0 aromatic rings. The van der Waals surface area contributed by atoms with E-state index in [1.807, 2.05) is 0 Å². The summed E-state index contributed by atoms with van der Waals surface area (Å²) < 4.78 is 5.29. The van der Waals surface area contributed by atoms with E-state index < -0.39 is 0 Å². The maximum atomic E-state index is 5.29. The zero-order valence-corrected chi connectivity index (χ0v) is 8.88. The molecular weight excluding hydrogens is 164 g/mol. The number of nitrogens with zero attached hydrogens (tertiary/aromatic N) is 1. The third-order valence-electron chi connectivity index (χ3n) is 2.51. The summed E-state index contributed by atoms with van der Waals surface area (Å²) in [5, 5.41) is 2.30. The molecule has 0 bridgehead atoms. The fourth-order valence-corrected chi connectivity index (χ4v) is 1.66. The van der Waals surface area contributed by atoms with Gasteiger partial charge in [0.25, 0.3) is 0 Å². The summed E-state index contributed by atoms with van der Waals surface area (Å²) in [6.07, 6.45) is 3.74. The van der Waals surface area contributed by atoms with Gasteiger partial charge in [0.1, 0.15) is 0 Å². The number of rotatable bonds is 5. The molecule has 0 aromatic carbocycles. The Morgan fingerprint density at radius 3 is 2.54 bits per heavy atom. The Kier molecular flexibility index (Phi) is 5.35. The van der Waals surface area contributed by atoms with Crippen LogP contribution in [0.4, 0.5) is 0 Å². The van der Waals surface area contributed by atoms with Gasteiger partial charge in [-0.3, -0.25) is 5.43 Å². The van der Waals surface area contributed by atoms with E-state index in [9.17, 15) is 0 Å². The molecule has 3 heteroatoms. The van der Waals surface area contributed by atoms with Crippen molar-refractivity contribution < 1.29 is 4.74 Å². The minimum absolute atomic E-state index is 0.656. The molecule has 1 rings (SSSR count). The Morgan fingerprint density at radius 1 is 1.31 bits per heavy atom. The topological polar surface area (TPSA) is 24.5 Å². The van der Waals surface area contributed by atoms with E-state index in [0.717, 1.165) is 26.3 Å². The number of hydrogen-bond acceptors (Lipinski definition) is 3. The van der Waals surface area contributed by atoms with Crippen LogP contribution in [0.2, 0.25) is 0 Å². The zero-order valence-electron chi connectivity index (χ0n) is 8.88. The van der Waals surface area contributed by atoms with Gasteiger partial charge in [-0.05, 0) is 12.8 Å². The number of hydrazine groups is 1. The smallest absolute Gasteiger partial charge is 0.0608 e. The van der Waals surface area contributed by atoms with E-state index in [4.69, 9.17) is 4.74 Å². The standard InChI is InChI=1S/C10H22N2O/c1-3-5-10(4-2)11-12-6-8-13-9-7-12/h10-11H,3-9H2,1-2H3. The summed E-state index contributed by atoms with van der Waals surface area (Å²) in [5.41, 5.74) is 3.56. The summed E-state index contributed by atoms with van der Waals surface area (Å²) in [4.78, 5) is 0. The fraction of sp³-hybridized carbons (Fsp3) is 1.00. The first kappa shape index (κ1) is 11.0. The van der Waals surface area contributed by atoms with Gasteiger partial charge in [-0.25, -0.2) is 5.01 Å². The van der Waals surface area contributed by atoms with Gasteiger partial charge in [0.2, 0.25) is 0 Å². The molecule has 1 aliphatic heterocycles. The number of ether oxygens (including phenoxy) is 1. The van der Waals surface area contributed by atoms with Crippen LogP contribution in [0.3, 0.4) is 0 Å². The van der Waals surface area contributed by atoms with Crippen molar-refractivity contribution in [1.29, 1.82) is 0 Å². The largest absolute Gasteiger partial charge is 0.379 e. The van der Waals surface area contributed by atoms with Crippen LogP contribution < -0.4 is 5.43 Å². The van der Waals surface area contributed by atoms with Crippen molar-refractivity contribution in [3.63, 3.8) is 0 Å². The van der Waals surface area contributed by atoms with Gasteiger partial charge < -0.3 is 4.74 Å². The first-order valence-corrected chi connectivity index (χ1v) is 5.45. The van der Waals surface area contributed by atoms with Crippen molar-refractivity contribution in [2.45, 2.75) is 39.2 Å². The molecule has 0 aromatic heterocycles. The molecule has 1 heterocycles. The second kappa shape index (κ2) is 6.35. The monoisotopic (exact) mass is 186 g/mol. The van der Waals surface area contributed by atoms with Crippen LogP contribution in [0, 0.1) is 0 Å². The number of morpholine rings is 1. The molecule has 1 aliphatic rings. The highest BCUT2D eigenvalue weighted by Gasteiger charge is 2.13. The Balaban J connectivity index is 2.18. The molecule has 1 N–H and O–H groups in total. The third kappa shape index (κ3) is 4.07. The lowest BCUT2D eigenvalue weighted by Gasteiger charge is -2.31.